The van der Waals surface area contributed by atoms with Gasteiger partial charge in [-0.3, -0.25) is 14.5 Å². The Morgan fingerprint density at radius 1 is 1.16 bits per heavy atom. The Labute approximate surface area is 150 Å². The Morgan fingerprint density at radius 2 is 1.76 bits per heavy atom. The highest BCUT2D eigenvalue weighted by Crippen LogP contribution is 2.12. The zero-order valence-electron chi connectivity index (χ0n) is 15.3. The van der Waals surface area contributed by atoms with Crippen molar-refractivity contribution < 1.29 is 19.1 Å². The number of imide groups is 1. The highest BCUT2D eigenvalue weighted by molar-refractivity contribution is 6.02. The van der Waals surface area contributed by atoms with E-state index in [4.69, 9.17) is 11.3 Å². The van der Waals surface area contributed by atoms with E-state index < -0.39 is 23.9 Å². The van der Waals surface area contributed by atoms with Crippen molar-refractivity contribution >= 4 is 17.9 Å². The lowest BCUT2D eigenvalue weighted by molar-refractivity contribution is -0.144. The van der Waals surface area contributed by atoms with Crippen molar-refractivity contribution in [2.24, 2.45) is 0 Å². The van der Waals surface area contributed by atoms with Crippen LogP contribution >= 0.6 is 0 Å². The van der Waals surface area contributed by atoms with Crippen LogP contribution in [0, 0.1) is 6.57 Å². The molecule has 0 aromatic carbocycles. The van der Waals surface area contributed by atoms with Crippen molar-refractivity contribution in [2.75, 3.05) is 26.7 Å². The van der Waals surface area contributed by atoms with Gasteiger partial charge in [0.25, 0.3) is 5.91 Å². The van der Waals surface area contributed by atoms with Gasteiger partial charge in [0.2, 0.25) is 0 Å². The summed E-state index contributed by atoms with van der Waals surface area (Å²) in [6, 6.07) is -1.62. The number of unbranched alkanes of at least 4 members (excludes halogenated alkanes) is 7. The van der Waals surface area contributed by atoms with E-state index in [0.29, 0.717) is 0 Å². The van der Waals surface area contributed by atoms with E-state index in [1.807, 2.05) is 0 Å². The van der Waals surface area contributed by atoms with Gasteiger partial charge < -0.3 is 9.64 Å². The molecule has 0 aromatic heterocycles. The third-order valence-electron chi connectivity index (χ3n) is 4.26. The van der Waals surface area contributed by atoms with E-state index >= 15 is 0 Å². The molecule has 0 aliphatic carbocycles. The molecule has 25 heavy (non-hydrogen) atoms. The molecule has 0 N–H and O–H groups in total. The highest BCUT2D eigenvalue weighted by Gasteiger charge is 2.39. The molecule has 0 spiro atoms. The van der Waals surface area contributed by atoms with Gasteiger partial charge in [-0.15, -0.1) is 0 Å². The van der Waals surface area contributed by atoms with Gasteiger partial charge in [0.15, 0.2) is 0 Å². The molecule has 1 aliphatic rings. The normalized spacial score (nSPS) is 15.4. The van der Waals surface area contributed by atoms with Gasteiger partial charge in [-0.1, -0.05) is 51.9 Å². The lowest BCUT2D eigenvalue weighted by Crippen LogP contribution is -2.40. The fourth-order valence-corrected chi connectivity index (χ4v) is 2.69. The minimum Gasteiger partial charge on any atom is -0.460 e. The average Bonchev–Trinajstić information content (AvgIpc) is 2.83. The first kappa shape index (κ1) is 20.9. The van der Waals surface area contributed by atoms with Crippen molar-refractivity contribution in [2.45, 2.75) is 64.3 Å². The molecule has 140 valence electrons. The molecule has 7 nitrogen and oxygen atoms in total. The van der Waals surface area contributed by atoms with Crippen molar-refractivity contribution in [3.63, 3.8) is 0 Å². The summed E-state index contributed by atoms with van der Waals surface area (Å²) in [6.45, 7) is 9.35. The van der Waals surface area contributed by atoms with Crippen LogP contribution in [0.2, 0.25) is 0 Å². The molecule has 1 fully saturated rings. The second kappa shape index (κ2) is 11.5. The van der Waals surface area contributed by atoms with Gasteiger partial charge in [0, 0.05) is 7.05 Å². The summed E-state index contributed by atoms with van der Waals surface area (Å²) in [7, 11) is 1.51. The number of esters is 1. The predicted molar refractivity (Wildman–Crippen MR) is 93.7 cm³/mol. The Hall–Kier alpha value is -2.10. The largest absolute Gasteiger partial charge is 0.460 e. The van der Waals surface area contributed by atoms with E-state index in [9.17, 15) is 14.4 Å². The molecule has 1 heterocycles. The predicted octanol–water partition coefficient (Wildman–Crippen LogP) is 2.85. The van der Waals surface area contributed by atoms with Crippen LogP contribution in [0.25, 0.3) is 4.85 Å². The van der Waals surface area contributed by atoms with Crippen LogP contribution in [0.5, 0.6) is 0 Å². The van der Waals surface area contributed by atoms with Gasteiger partial charge in [-0.2, -0.15) is 0 Å². The number of ether oxygens (including phenoxy) is 1. The minimum atomic E-state index is -1.14. The molecular weight excluding hydrogens is 322 g/mol. The molecule has 1 atom stereocenters. The molecule has 1 rings (SSSR count). The van der Waals surface area contributed by atoms with Gasteiger partial charge in [0.1, 0.15) is 13.1 Å². The summed E-state index contributed by atoms with van der Waals surface area (Å²) < 4.78 is 5.13. The molecule has 0 bridgehead atoms. The van der Waals surface area contributed by atoms with Crippen LogP contribution in [0.15, 0.2) is 0 Å². The monoisotopic (exact) mass is 351 g/mol. The van der Waals surface area contributed by atoms with E-state index in [2.05, 4.69) is 11.8 Å². The third kappa shape index (κ3) is 7.12. The first-order valence-electron chi connectivity index (χ1n) is 9.10. The highest BCUT2D eigenvalue weighted by atomic mass is 16.5. The number of rotatable bonds is 12. The number of hydrogen-bond acceptors (Lipinski definition) is 4. The second-order valence-electron chi connectivity index (χ2n) is 6.43. The molecule has 1 saturated heterocycles. The van der Waals surface area contributed by atoms with Crippen molar-refractivity contribution in [1.82, 2.24) is 9.80 Å². The fourth-order valence-electron chi connectivity index (χ4n) is 2.69. The van der Waals surface area contributed by atoms with Gasteiger partial charge in [0.05, 0.1) is 6.61 Å². The van der Waals surface area contributed by atoms with E-state index in [1.165, 1.54) is 44.1 Å². The first-order chi connectivity index (χ1) is 12.0. The quantitative estimate of drug-likeness (QED) is 0.235. The molecule has 1 unspecified atom stereocenters. The number of likely N-dealkylation sites (N-methyl/N-ethyl adjacent to an activating group) is 1. The maximum absolute atomic E-state index is 12.0. The number of nitrogens with zero attached hydrogens (tertiary/aromatic N) is 3. The van der Waals surface area contributed by atoms with Crippen LogP contribution in [0.1, 0.15) is 58.3 Å². The van der Waals surface area contributed by atoms with Crippen molar-refractivity contribution in [3.8, 4) is 0 Å². The molecular formula is C18H29N3O4. The van der Waals surface area contributed by atoms with Crippen molar-refractivity contribution in [1.29, 1.82) is 0 Å². The topological polar surface area (TPSA) is 71.3 Å². The van der Waals surface area contributed by atoms with E-state index in [0.717, 1.165) is 24.2 Å². The summed E-state index contributed by atoms with van der Waals surface area (Å²) in [4.78, 5) is 40.9. The van der Waals surface area contributed by atoms with Gasteiger partial charge in [-0.25, -0.2) is 16.2 Å². The fraction of sp³-hybridized carbons (Fsp3) is 0.778. The van der Waals surface area contributed by atoms with Crippen LogP contribution in [0.4, 0.5) is 4.79 Å². The number of carbonyl (C=O) groups is 3. The van der Waals surface area contributed by atoms with Crippen LogP contribution < -0.4 is 0 Å². The zero-order chi connectivity index (χ0) is 18.7. The molecule has 7 heteroatoms. The standard InChI is InChI=1S/C18H29N3O4/c1-4-5-6-7-8-9-10-11-12-25-17(23)15(19-2)13-21-16(22)14-20(3)18(21)24/h15H,4-14H2,1,3H3. The number of carbonyl (C=O) groups excluding carboxylic acids is 3. The Bertz CT molecular complexity index is 501. The van der Waals surface area contributed by atoms with E-state index in [-0.39, 0.29) is 19.7 Å². The maximum atomic E-state index is 12.0. The summed E-state index contributed by atoms with van der Waals surface area (Å²) in [6.07, 6.45) is 9.14. The number of hydrogen-bond donors (Lipinski definition) is 0. The van der Waals surface area contributed by atoms with Crippen LogP contribution in [-0.2, 0) is 14.3 Å². The summed E-state index contributed by atoms with van der Waals surface area (Å²) in [5.74, 6) is -1.05. The molecule has 1 aliphatic heterocycles. The average molecular weight is 351 g/mol. The summed E-state index contributed by atoms with van der Waals surface area (Å²) in [5.41, 5.74) is 0. The smallest absolute Gasteiger partial charge is 0.392 e. The third-order valence-corrected chi connectivity index (χ3v) is 4.26. The molecule has 0 radical (unpaired) electrons. The second-order valence-corrected chi connectivity index (χ2v) is 6.43. The molecule has 3 amide bonds. The zero-order valence-corrected chi connectivity index (χ0v) is 15.3. The van der Waals surface area contributed by atoms with Crippen LogP contribution in [-0.4, -0.2) is 60.5 Å². The maximum Gasteiger partial charge on any atom is 0.392 e. The molecule has 0 saturated carbocycles. The number of amides is 3. The Kier molecular flexibility index (Phi) is 9.60. The lowest BCUT2D eigenvalue weighted by Gasteiger charge is -2.14. The van der Waals surface area contributed by atoms with Crippen LogP contribution in [0.3, 0.4) is 0 Å². The van der Waals surface area contributed by atoms with E-state index in [1.54, 1.807) is 0 Å². The lowest BCUT2D eigenvalue weighted by atomic mass is 10.1. The minimum absolute atomic E-state index is 0.0170. The van der Waals surface area contributed by atoms with Gasteiger partial charge in [-0.05, 0) is 6.42 Å². The Morgan fingerprint density at radius 3 is 2.28 bits per heavy atom. The number of urea groups is 1. The SMILES string of the molecule is [C-]#[N+]C(CN1C(=O)CN(C)C1=O)C(=O)OCCCCCCCCCC. The van der Waals surface area contributed by atoms with Crippen molar-refractivity contribution in [3.05, 3.63) is 11.4 Å². The molecule has 0 aromatic rings. The first-order valence-corrected chi connectivity index (χ1v) is 9.10. The summed E-state index contributed by atoms with van der Waals surface area (Å²) in [5, 5.41) is 0. The Balaban J connectivity index is 2.21. The van der Waals surface area contributed by atoms with Gasteiger partial charge >= 0.3 is 18.0 Å². The summed E-state index contributed by atoms with van der Waals surface area (Å²) >= 11 is 0.